The van der Waals surface area contributed by atoms with E-state index in [0.29, 0.717) is 0 Å². The average molecular weight is 209 g/mol. The van der Waals surface area contributed by atoms with Crippen LogP contribution in [0.5, 0.6) is 0 Å². The molecule has 3 nitrogen and oxygen atoms in total. The first kappa shape index (κ1) is 9.08. The summed E-state index contributed by atoms with van der Waals surface area (Å²) in [6.45, 7) is 1.83. The number of aromatic nitrogens is 2. The molecule has 2 N–H and O–H groups in total. The molecule has 0 aliphatic carbocycles. The molecule has 1 aromatic heterocycles. The van der Waals surface area contributed by atoms with Gasteiger partial charge in [-0.25, -0.2) is 4.39 Å². The van der Waals surface area contributed by atoms with Crippen LogP contribution in [0.2, 0.25) is 0 Å². The van der Waals surface area contributed by atoms with Gasteiger partial charge in [0.15, 0.2) is 0 Å². The first-order valence-electron chi connectivity index (χ1n) is 4.02. The maximum absolute atomic E-state index is 12.8. The van der Waals surface area contributed by atoms with E-state index < -0.39 is 0 Å². The zero-order valence-electron chi connectivity index (χ0n) is 7.49. The van der Waals surface area contributed by atoms with Crippen LogP contribution in [0.1, 0.15) is 5.56 Å². The quantitative estimate of drug-likeness (QED) is 0.783. The van der Waals surface area contributed by atoms with Crippen LogP contribution in [0.25, 0.3) is 10.6 Å². The molecule has 0 aliphatic heterocycles. The van der Waals surface area contributed by atoms with Crippen LogP contribution in [0, 0.1) is 12.7 Å². The van der Waals surface area contributed by atoms with Crippen molar-refractivity contribution in [1.29, 1.82) is 0 Å². The Morgan fingerprint density at radius 1 is 1.43 bits per heavy atom. The molecule has 0 radical (unpaired) electrons. The van der Waals surface area contributed by atoms with E-state index >= 15 is 0 Å². The normalized spacial score (nSPS) is 10.4. The predicted octanol–water partition coefficient (Wildman–Crippen LogP) is 2.23. The van der Waals surface area contributed by atoms with E-state index in [1.807, 2.05) is 6.92 Å². The zero-order chi connectivity index (χ0) is 10.1. The second-order valence-electron chi connectivity index (χ2n) is 2.92. The van der Waals surface area contributed by atoms with Crippen molar-refractivity contribution in [3.63, 3.8) is 0 Å². The fourth-order valence-electron chi connectivity index (χ4n) is 1.21. The third kappa shape index (κ3) is 1.58. The van der Waals surface area contributed by atoms with Crippen molar-refractivity contribution in [2.24, 2.45) is 0 Å². The topological polar surface area (TPSA) is 51.8 Å². The fourth-order valence-corrected chi connectivity index (χ4v) is 1.89. The summed E-state index contributed by atoms with van der Waals surface area (Å²) < 4.78 is 16.7. The van der Waals surface area contributed by atoms with E-state index in [-0.39, 0.29) is 11.8 Å². The molecule has 0 amide bonds. The maximum atomic E-state index is 12.8. The van der Waals surface area contributed by atoms with Gasteiger partial charge < -0.3 is 5.73 Å². The summed E-state index contributed by atoms with van der Waals surface area (Å²) in [4.78, 5) is 4.03. The van der Waals surface area contributed by atoms with Crippen molar-refractivity contribution in [2.45, 2.75) is 6.92 Å². The first-order chi connectivity index (χ1) is 6.66. The van der Waals surface area contributed by atoms with Crippen LogP contribution in [0.15, 0.2) is 18.2 Å². The zero-order valence-corrected chi connectivity index (χ0v) is 8.31. The third-order valence-corrected chi connectivity index (χ3v) is 2.62. The smallest absolute Gasteiger partial charge is 0.232 e. The molecule has 14 heavy (non-hydrogen) atoms. The van der Waals surface area contributed by atoms with E-state index in [1.165, 1.54) is 23.7 Å². The molecule has 2 aromatic rings. The highest BCUT2D eigenvalue weighted by molar-refractivity contribution is 7.09. The number of hydrogen-bond donors (Lipinski definition) is 1. The minimum atomic E-state index is -0.247. The van der Waals surface area contributed by atoms with E-state index in [1.54, 1.807) is 6.07 Å². The number of hydrogen-bond acceptors (Lipinski definition) is 4. The summed E-state index contributed by atoms with van der Waals surface area (Å²) in [7, 11) is 0. The average Bonchev–Trinajstić information content (AvgIpc) is 2.51. The highest BCUT2D eigenvalue weighted by Gasteiger charge is 2.07. The molecular weight excluding hydrogens is 201 g/mol. The number of halogens is 1. The van der Waals surface area contributed by atoms with Gasteiger partial charge in [0, 0.05) is 5.56 Å². The van der Waals surface area contributed by atoms with Crippen LogP contribution in [-0.4, -0.2) is 9.36 Å². The fraction of sp³-hybridized carbons (Fsp3) is 0.111. The molecule has 1 heterocycles. The van der Waals surface area contributed by atoms with Crippen LogP contribution in [-0.2, 0) is 0 Å². The highest BCUT2D eigenvalue weighted by Crippen LogP contribution is 2.25. The first-order valence-corrected chi connectivity index (χ1v) is 4.80. The molecule has 0 atom stereocenters. The maximum Gasteiger partial charge on any atom is 0.232 e. The molecule has 0 bridgehead atoms. The van der Waals surface area contributed by atoms with Gasteiger partial charge in [-0.1, -0.05) is 0 Å². The summed E-state index contributed by atoms with van der Waals surface area (Å²) in [5.41, 5.74) is 7.12. The number of anilines is 1. The van der Waals surface area contributed by atoms with Gasteiger partial charge in [0.25, 0.3) is 0 Å². The monoisotopic (exact) mass is 209 g/mol. The van der Waals surface area contributed by atoms with Gasteiger partial charge in [0.05, 0.1) is 0 Å². The SMILES string of the molecule is Cc1cc(F)ccc1-c1nc(N)ns1. The second kappa shape index (κ2) is 3.34. The van der Waals surface area contributed by atoms with Gasteiger partial charge in [-0.3, -0.25) is 0 Å². The molecule has 0 aliphatic rings. The lowest BCUT2D eigenvalue weighted by Crippen LogP contribution is -1.87. The summed E-state index contributed by atoms with van der Waals surface area (Å²) in [5, 5.41) is 0.722. The van der Waals surface area contributed by atoms with Gasteiger partial charge in [-0.05, 0) is 42.2 Å². The van der Waals surface area contributed by atoms with Gasteiger partial charge in [0.1, 0.15) is 10.8 Å². The Balaban J connectivity index is 2.52. The number of nitrogens with zero attached hydrogens (tertiary/aromatic N) is 2. The van der Waals surface area contributed by atoms with Crippen molar-refractivity contribution >= 4 is 17.5 Å². The molecule has 1 aromatic carbocycles. The molecule has 0 saturated heterocycles. The Morgan fingerprint density at radius 2 is 2.21 bits per heavy atom. The van der Waals surface area contributed by atoms with E-state index in [4.69, 9.17) is 5.73 Å². The molecule has 0 spiro atoms. The molecule has 2 rings (SSSR count). The molecule has 5 heteroatoms. The number of benzene rings is 1. The Labute approximate surface area is 84.6 Å². The van der Waals surface area contributed by atoms with Crippen LogP contribution < -0.4 is 5.73 Å². The van der Waals surface area contributed by atoms with Gasteiger partial charge in [-0.2, -0.15) is 9.36 Å². The Kier molecular flexibility index (Phi) is 2.17. The molecule has 0 fully saturated rings. The lowest BCUT2D eigenvalue weighted by atomic mass is 10.1. The largest absolute Gasteiger partial charge is 0.367 e. The van der Waals surface area contributed by atoms with Gasteiger partial charge in [-0.15, -0.1) is 0 Å². The van der Waals surface area contributed by atoms with Crippen molar-refractivity contribution in [3.8, 4) is 10.6 Å². The minimum Gasteiger partial charge on any atom is -0.367 e. The highest BCUT2D eigenvalue weighted by atomic mass is 32.1. The number of aryl methyl sites for hydroxylation is 1. The van der Waals surface area contributed by atoms with Crippen molar-refractivity contribution in [3.05, 3.63) is 29.6 Å². The lowest BCUT2D eigenvalue weighted by molar-refractivity contribution is 0.627. The van der Waals surface area contributed by atoms with E-state index in [0.717, 1.165) is 16.1 Å². The third-order valence-electron chi connectivity index (χ3n) is 1.86. The Morgan fingerprint density at radius 3 is 2.79 bits per heavy atom. The van der Waals surface area contributed by atoms with E-state index in [9.17, 15) is 4.39 Å². The summed E-state index contributed by atoms with van der Waals surface area (Å²) in [6, 6.07) is 4.55. The van der Waals surface area contributed by atoms with Crippen LogP contribution in [0.3, 0.4) is 0 Å². The van der Waals surface area contributed by atoms with Crippen molar-refractivity contribution in [1.82, 2.24) is 9.36 Å². The standard InChI is InChI=1S/C9H8FN3S/c1-5-4-6(10)2-3-7(5)8-12-9(11)13-14-8/h2-4H,1H3,(H2,11,13). The minimum absolute atomic E-state index is 0.247. The van der Waals surface area contributed by atoms with Crippen LogP contribution >= 0.6 is 11.5 Å². The Hall–Kier alpha value is -1.49. The molecule has 72 valence electrons. The number of rotatable bonds is 1. The van der Waals surface area contributed by atoms with Crippen molar-refractivity contribution in [2.75, 3.05) is 5.73 Å². The number of nitrogens with two attached hydrogens (primary N) is 1. The van der Waals surface area contributed by atoms with Crippen molar-refractivity contribution < 1.29 is 4.39 Å². The number of nitrogen functional groups attached to an aromatic ring is 1. The van der Waals surface area contributed by atoms with E-state index in [2.05, 4.69) is 9.36 Å². The predicted molar refractivity (Wildman–Crippen MR) is 54.5 cm³/mol. The summed E-state index contributed by atoms with van der Waals surface area (Å²) >= 11 is 1.21. The lowest BCUT2D eigenvalue weighted by Gasteiger charge is -2.00. The summed E-state index contributed by atoms with van der Waals surface area (Å²) in [5.74, 6) is 0.0115. The molecule has 0 saturated carbocycles. The van der Waals surface area contributed by atoms with Gasteiger partial charge in [0.2, 0.25) is 5.95 Å². The van der Waals surface area contributed by atoms with Gasteiger partial charge >= 0.3 is 0 Å². The summed E-state index contributed by atoms with van der Waals surface area (Å²) in [6.07, 6.45) is 0. The molecule has 0 unspecified atom stereocenters. The molecular formula is C9H8FN3S. The van der Waals surface area contributed by atoms with Crippen LogP contribution in [0.4, 0.5) is 10.3 Å². The Bertz CT molecular complexity index is 467. The second-order valence-corrected chi connectivity index (χ2v) is 3.67.